The minimum atomic E-state index is -3.64. The summed E-state index contributed by atoms with van der Waals surface area (Å²) in [6, 6.07) is 14.6. The van der Waals surface area contributed by atoms with Crippen molar-refractivity contribution in [3.63, 3.8) is 0 Å². The summed E-state index contributed by atoms with van der Waals surface area (Å²) < 4.78 is 36.7. The first-order valence-corrected chi connectivity index (χ1v) is 10.8. The molecule has 0 saturated heterocycles. The maximum Gasteiger partial charge on any atom is 0.255 e. The Hall–Kier alpha value is -3.43. The first kappa shape index (κ1) is 22.3. The molecule has 0 aliphatic rings. The number of sulfonamides is 1. The predicted molar refractivity (Wildman–Crippen MR) is 117 cm³/mol. The van der Waals surface area contributed by atoms with E-state index in [2.05, 4.69) is 10.3 Å². The summed E-state index contributed by atoms with van der Waals surface area (Å²) in [4.78, 5) is 16.8. The van der Waals surface area contributed by atoms with E-state index in [1.54, 1.807) is 31.4 Å². The number of ether oxygens (including phenoxy) is 2. The maximum absolute atomic E-state index is 12.6. The molecule has 0 aliphatic heterocycles. The van der Waals surface area contributed by atoms with Crippen LogP contribution in [0, 0.1) is 6.92 Å². The van der Waals surface area contributed by atoms with Crippen molar-refractivity contribution >= 4 is 21.6 Å². The van der Waals surface area contributed by atoms with Crippen LogP contribution in [0.15, 0.2) is 65.7 Å². The molecule has 0 bridgehead atoms. The first-order valence-electron chi connectivity index (χ1n) is 9.33. The molecule has 9 heteroatoms. The summed E-state index contributed by atoms with van der Waals surface area (Å²) in [6.07, 6.45) is 1.45. The van der Waals surface area contributed by atoms with E-state index in [1.165, 1.54) is 38.5 Å². The molecule has 31 heavy (non-hydrogen) atoms. The van der Waals surface area contributed by atoms with Crippen molar-refractivity contribution in [2.45, 2.75) is 11.8 Å². The van der Waals surface area contributed by atoms with Crippen LogP contribution in [0.2, 0.25) is 0 Å². The topological polar surface area (TPSA) is 97.8 Å². The average molecular weight is 442 g/mol. The van der Waals surface area contributed by atoms with Crippen LogP contribution in [0.5, 0.6) is 17.4 Å². The Labute approximate surface area is 181 Å². The zero-order valence-electron chi connectivity index (χ0n) is 17.6. The van der Waals surface area contributed by atoms with Crippen LogP contribution < -0.4 is 14.8 Å². The molecule has 0 saturated carbocycles. The normalized spacial score (nSPS) is 11.3. The van der Waals surface area contributed by atoms with E-state index < -0.39 is 15.9 Å². The third-order valence-electron chi connectivity index (χ3n) is 4.40. The van der Waals surface area contributed by atoms with Crippen LogP contribution in [0.4, 0.5) is 5.69 Å². The van der Waals surface area contributed by atoms with Gasteiger partial charge in [0.2, 0.25) is 15.9 Å². The van der Waals surface area contributed by atoms with Crippen LogP contribution >= 0.6 is 0 Å². The maximum atomic E-state index is 12.6. The zero-order chi connectivity index (χ0) is 22.6. The highest BCUT2D eigenvalue weighted by atomic mass is 32.2. The third-order valence-corrected chi connectivity index (χ3v) is 6.21. The number of anilines is 1. The number of carbonyl (C=O) groups excluding carboxylic acids is 1. The third kappa shape index (κ3) is 5.19. The Bertz CT molecular complexity index is 1190. The van der Waals surface area contributed by atoms with Crippen molar-refractivity contribution < 1.29 is 22.7 Å². The SMILES string of the molecule is COc1cc(C)ccc1Oc1ccc(NC(=O)c2cccc(S(=O)(=O)N(C)C)c2)cn1. The van der Waals surface area contributed by atoms with Crippen molar-refractivity contribution in [3.05, 3.63) is 71.9 Å². The molecule has 8 nitrogen and oxygen atoms in total. The second-order valence-corrected chi connectivity index (χ2v) is 9.06. The fraction of sp³-hybridized carbons (Fsp3) is 0.182. The summed E-state index contributed by atoms with van der Waals surface area (Å²) >= 11 is 0. The lowest BCUT2D eigenvalue weighted by molar-refractivity contribution is 0.102. The molecule has 162 valence electrons. The van der Waals surface area contributed by atoms with Gasteiger partial charge in [-0.2, -0.15) is 0 Å². The van der Waals surface area contributed by atoms with Gasteiger partial charge in [-0.1, -0.05) is 12.1 Å². The summed E-state index contributed by atoms with van der Waals surface area (Å²) in [7, 11) is 0.795. The van der Waals surface area contributed by atoms with Gasteiger partial charge in [-0.3, -0.25) is 4.79 Å². The van der Waals surface area contributed by atoms with Gasteiger partial charge in [0, 0.05) is 25.7 Å². The molecule has 1 N–H and O–H groups in total. The van der Waals surface area contributed by atoms with E-state index in [0.717, 1.165) is 9.87 Å². The van der Waals surface area contributed by atoms with Gasteiger partial charge in [-0.15, -0.1) is 0 Å². The smallest absolute Gasteiger partial charge is 0.255 e. The molecule has 0 radical (unpaired) electrons. The van der Waals surface area contributed by atoms with Crippen LogP contribution in [0.3, 0.4) is 0 Å². The minimum absolute atomic E-state index is 0.0408. The quantitative estimate of drug-likeness (QED) is 0.600. The number of nitrogens with one attached hydrogen (secondary N) is 1. The molecule has 0 atom stereocenters. The van der Waals surface area contributed by atoms with E-state index in [1.807, 2.05) is 19.1 Å². The van der Waals surface area contributed by atoms with Gasteiger partial charge in [0.15, 0.2) is 11.5 Å². The van der Waals surface area contributed by atoms with Gasteiger partial charge in [-0.05, 0) is 48.9 Å². The zero-order valence-corrected chi connectivity index (χ0v) is 18.4. The summed E-state index contributed by atoms with van der Waals surface area (Å²) in [5, 5.41) is 2.70. The van der Waals surface area contributed by atoms with Gasteiger partial charge in [0.05, 0.1) is 23.9 Å². The summed E-state index contributed by atoms with van der Waals surface area (Å²) in [5.41, 5.74) is 1.69. The monoisotopic (exact) mass is 441 g/mol. The fourth-order valence-electron chi connectivity index (χ4n) is 2.70. The van der Waals surface area contributed by atoms with Crippen molar-refractivity contribution in [2.24, 2.45) is 0 Å². The van der Waals surface area contributed by atoms with E-state index >= 15 is 0 Å². The molecule has 0 fully saturated rings. The number of amides is 1. The molecule has 0 spiro atoms. The minimum Gasteiger partial charge on any atom is -0.493 e. The van der Waals surface area contributed by atoms with Gasteiger partial charge >= 0.3 is 0 Å². The number of hydrogen-bond donors (Lipinski definition) is 1. The number of aromatic nitrogens is 1. The highest BCUT2D eigenvalue weighted by molar-refractivity contribution is 7.89. The molecule has 0 unspecified atom stereocenters. The number of rotatable bonds is 7. The number of hydrogen-bond acceptors (Lipinski definition) is 6. The van der Waals surface area contributed by atoms with Gasteiger partial charge in [0.25, 0.3) is 5.91 Å². The molecular weight excluding hydrogens is 418 g/mol. The lowest BCUT2D eigenvalue weighted by Gasteiger charge is -2.12. The molecule has 3 aromatic rings. The number of aryl methyl sites for hydroxylation is 1. The number of methoxy groups -OCH3 is 1. The second-order valence-electron chi connectivity index (χ2n) is 6.91. The molecule has 3 rings (SSSR count). The van der Waals surface area contributed by atoms with E-state index in [0.29, 0.717) is 23.1 Å². The average Bonchev–Trinajstić information content (AvgIpc) is 2.76. The Morgan fingerprint density at radius 3 is 2.45 bits per heavy atom. The van der Waals surface area contributed by atoms with Crippen LogP contribution in [-0.2, 0) is 10.0 Å². The highest BCUT2D eigenvalue weighted by Crippen LogP contribution is 2.31. The molecule has 1 amide bonds. The highest BCUT2D eigenvalue weighted by Gasteiger charge is 2.19. The first-order chi connectivity index (χ1) is 14.7. The van der Waals surface area contributed by atoms with Gasteiger partial charge < -0.3 is 14.8 Å². The van der Waals surface area contributed by atoms with Crippen molar-refractivity contribution in [1.82, 2.24) is 9.29 Å². The van der Waals surface area contributed by atoms with Crippen molar-refractivity contribution in [2.75, 3.05) is 26.5 Å². The molecular formula is C22H23N3O5S. The molecule has 2 aromatic carbocycles. The Kier molecular flexibility index (Phi) is 6.57. The van der Waals surface area contributed by atoms with Crippen molar-refractivity contribution in [3.8, 4) is 17.4 Å². The lowest BCUT2D eigenvalue weighted by Crippen LogP contribution is -2.22. The second kappa shape index (κ2) is 9.15. The van der Waals surface area contributed by atoms with Crippen LogP contribution in [0.1, 0.15) is 15.9 Å². The van der Waals surface area contributed by atoms with Gasteiger partial charge in [-0.25, -0.2) is 17.7 Å². The van der Waals surface area contributed by atoms with Crippen LogP contribution in [-0.4, -0.2) is 44.8 Å². The van der Waals surface area contributed by atoms with E-state index in [-0.39, 0.29) is 10.5 Å². The van der Waals surface area contributed by atoms with Crippen LogP contribution in [0.25, 0.3) is 0 Å². The van der Waals surface area contributed by atoms with E-state index in [9.17, 15) is 13.2 Å². The molecule has 1 aromatic heterocycles. The summed E-state index contributed by atoms with van der Waals surface area (Å²) in [6.45, 7) is 1.95. The molecule has 1 heterocycles. The lowest BCUT2D eigenvalue weighted by atomic mass is 10.2. The standard InChI is InChI=1S/C22H23N3O5S/c1-15-8-10-19(20(12-15)29-4)30-21-11-9-17(14-23-21)24-22(26)16-6-5-7-18(13-16)31(27,28)25(2)3/h5-14H,1-4H3,(H,24,26). The van der Waals surface area contributed by atoms with E-state index in [4.69, 9.17) is 9.47 Å². The van der Waals surface area contributed by atoms with Gasteiger partial charge in [0.1, 0.15) is 0 Å². The van der Waals surface area contributed by atoms with Crippen molar-refractivity contribution in [1.29, 1.82) is 0 Å². The largest absolute Gasteiger partial charge is 0.493 e. The number of carbonyl (C=O) groups is 1. The Morgan fingerprint density at radius 2 is 1.81 bits per heavy atom. The number of nitrogens with zero attached hydrogens (tertiary/aromatic N) is 2. The fourth-order valence-corrected chi connectivity index (χ4v) is 3.65. The number of benzene rings is 2. The Morgan fingerprint density at radius 1 is 1.03 bits per heavy atom. The number of pyridine rings is 1. The summed E-state index contributed by atoms with van der Waals surface area (Å²) in [5.74, 6) is 0.994. The molecule has 0 aliphatic carbocycles. The predicted octanol–water partition coefficient (Wildman–Crippen LogP) is 3.69. The Balaban J connectivity index is 1.73.